The zero-order valence-corrected chi connectivity index (χ0v) is 17.2. The maximum atomic E-state index is 12.8. The molecule has 2 N–H and O–H groups in total. The lowest BCUT2D eigenvalue weighted by molar-refractivity contribution is -0.149. The van der Waals surface area contributed by atoms with Crippen LogP contribution in [-0.4, -0.2) is 30.8 Å². The van der Waals surface area contributed by atoms with E-state index in [1.165, 1.54) is 0 Å². The van der Waals surface area contributed by atoms with E-state index in [0.717, 1.165) is 11.1 Å². The Morgan fingerprint density at radius 3 is 1.87 bits per heavy atom. The van der Waals surface area contributed by atoms with Crippen LogP contribution in [0.3, 0.4) is 0 Å². The van der Waals surface area contributed by atoms with Crippen molar-refractivity contribution in [3.8, 4) is 5.75 Å². The molecule has 30 heavy (non-hydrogen) atoms. The number of ether oxygens (including phenoxy) is 2. The van der Waals surface area contributed by atoms with Crippen molar-refractivity contribution in [2.24, 2.45) is 0 Å². The summed E-state index contributed by atoms with van der Waals surface area (Å²) >= 11 is 0. The molecular weight excluding hydrogens is 378 g/mol. The van der Waals surface area contributed by atoms with Gasteiger partial charge in [0.2, 0.25) is 0 Å². The number of carbonyl (C=O) groups excluding carboxylic acids is 1. The molecule has 0 radical (unpaired) electrons. The smallest absolute Gasteiger partial charge is 0.326 e. The topological polar surface area (TPSA) is 67.8 Å². The number of methoxy groups -OCH3 is 1. The molecule has 0 aliphatic heterocycles. The van der Waals surface area contributed by atoms with Crippen LogP contribution in [0.5, 0.6) is 5.75 Å². The van der Waals surface area contributed by atoms with Crippen LogP contribution in [0.15, 0.2) is 84.9 Å². The SMILES string of the molecule is CCOC(=O)[C@@H](NC(c1ccccc1)c1ccccc1)[C@@H](O)c1ccc(OC)cc1. The monoisotopic (exact) mass is 405 g/mol. The summed E-state index contributed by atoms with van der Waals surface area (Å²) in [7, 11) is 1.58. The number of benzene rings is 3. The third kappa shape index (κ3) is 5.26. The Morgan fingerprint density at radius 1 is 0.867 bits per heavy atom. The van der Waals surface area contributed by atoms with Gasteiger partial charge in [0.05, 0.1) is 19.8 Å². The first-order valence-corrected chi connectivity index (χ1v) is 9.98. The Hall–Kier alpha value is -3.15. The van der Waals surface area contributed by atoms with Crippen LogP contribution in [0.4, 0.5) is 0 Å². The molecule has 3 aromatic carbocycles. The molecule has 3 aromatic rings. The lowest BCUT2D eigenvalue weighted by Crippen LogP contribution is -2.45. The first-order valence-electron chi connectivity index (χ1n) is 9.98. The van der Waals surface area contributed by atoms with Crippen molar-refractivity contribution in [1.29, 1.82) is 0 Å². The summed E-state index contributed by atoms with van der Waals surface area (Å²) in [6, 6.07) is 25.4. The van der Waals surface area contributed by atoms with E-state index in [0.29, 0.717) is 11.3 Å². The molecule has 3 rings (SSSR count). The molecule has 0 aliphatic rings. The van der Waals surface area contributed by atoms with Gasteiger partial charge in [0.15, 0.2) is 0 Å². The molecule has 0 unspecified atom stereocenters. The van der Waals surface area contributed by atoms with Gasteiger partial charge in [-0.25, -0.2) is 0 Å². The van der Waals surface area contributed by atoms with Crippen molar-refractivity contribution < 1.29 is 19.4 Å². The van der Waals surface area contributed by atoms with Crippen molar-refractivity contribution in [3.63, 3.8) is 0 Å². The molecule has 0 fully saturated rings. The maximum absolute atomic E-state index is 12.8. The first-order chi connectivity index (χ1) is 14.6. The van der Waals surface area contributed by atoms with Crippen LogP contribution in [0, 0.1) is 0 Å². The number of hydrogen-bond donors (Lipinski definition) is 2. The Bertz CT molecular complexity index is 873. The van der Waals surface area contributed by atoms with Crippen LogP contribution in [-0.2, 0) is 9.53 Å². The van der Waals surface area contributed by atoms with E-state index >= 15 is 0 Å². The van der Waals surface area contributed by atoms with E-state index in [2.05, 4.69) is 5.32 Å². The molecule has 0 amide bonds. The molecule has 0 aliphatic carbocycles. The summed E-state index contributed by atoms with van der Waals surface area (Å²) in [5, 5.41) is 14.4. The third-order valence-corrected chi connectivity index (χ3v) is 4.93. The Labute approximate surface area is 177 Å². The maximum Gasteiger partial charge on any atom is 0.326 e. The fourth-order valence-electron chi connectivity index (χ4n) is 3.37. The molecule has 0 spiro atoms. The largest absolute Gasteiger partial charge is 0.497 e. The van der Waals surface area contributed by atoms with E-state index in [1.807, 2.05) is 60.7 Å². The molecule has 0 saturated carbocycles. The molecule has 5 nitrogen and oxygen atoms in total. The lowest BCUT2D eigenvalue weighted by atomic mass is 9.95. The van der Waals surface area contributed by atoms with Gasteiger partial charge in [-0.3, -0.25) is 10.1 Å². The lowest BCUT2D eigenvalue weighted by Gasteiger charge is -2.29. The summed E-state index contributed by atoms with van der Waals surface area (Å²) < 4.78 is 10.5. The Morgan fingerprint density at radius 2 is 1.40 bits per heavy atom. The molecule has 156 valence electrons. The van der Waals surface area contributed by atoms with Crippen LogP contribution in [0.1, 0.15) is 35.8 Å². The van der Waals surface area contributed by atoms with E-state index in [4.69, 9.17) is 9.47 Å². The zero-order chi connectivity index (χ0) is 21.3. The number of rotatable bonds is 9. The van der Waals surface area contributed by atoms with E-state index in [9.17, 15) is 9.90 Å². The number of esters is 1. The van der Waals surface area contributed by atoms with Crippen molar-refractivity contribution in [2.45, 2.75) is 25.1 Å². The summed E-state index contributed by atoms with van der Waals surface area (Å²) in [6.45, 7) is 1.98. The minimum absolute atomic E-state index is 0.230. The van der Waals surface area contributed by atoms with Gasteiger partial charge in [-0.1, -0.05) is 72.8 Å². The van der Waals surface area contributed by atoms with Gasteiger partial charge in [-0.05, 0) is 35.7 Å². The van der Waals surface area contributed by atoms with Crippen LogP contribution in [0.2, 0.25) is 0 Å². The second-order valence-electron chi connectivity index (χ2n) is 6.87. The van der Waals surface area contributed by atoms with Gasteiger partial charge in [0.1, 0.15) is 17.9 Å². The van der Waals surface area contributed by atoms with Gasteiger partial charge >= 0.3 is 5.97 Å². The highest BCUT2D eigenvalue weighted by Crippen LogP contribution is 2.27. The highest BCUT2D eigenvalue weighted by atomic mass is 16.5. The molecule has 5 heteroatoms. The first kappa shape index (κ1) is 21.6. The van der Waals surface area contributed by atoms with Crippen molar-refractivity contribution >= 4 is 5.97 Å². The summed E-state index contributed by atoms with van der Waals surface area (Å²) in [4.78, 5) is 12.8. The second-order valence-corrected chi connectivity index (χ2v) is 6.87. The predicted molar refractivity (Wildman–Crippen MR) is 116 cm³/mol. The van der Waals surface area contributed by atoms with Gasteiger partial charge in [-0.2, -0.15) is 0 Å². The fraction of sp³-hybridized carbons (Fsp3) is 0.240. The zero-order valence-electron chi connectivity index (χ0n) is 17.2. The van der Waals surface area contributed by atoms with Crippen LogP contribution < -0.4 is 10.1 Å². The Kier molecular flexibility index (Phi) is 7.60. The van der Waals surface area contributed by atoms with Crippen molar-refractivity contribution in [2.75, 3.05) is 13.7 Å². The molecular formula is C25H27NO4. The minimum atomic E-state index is -1.09. The third-order valence-electron chi connectivity index (χ3n) is 4.93. The molecule has 0 saturated heterocycles. The van der Waals surface area contributed by atoms with Gasteiger partial charge in [0, 0.05) is 0 Å². The average Bonchev–Trinajstić information content (AvgIpc) is 2.80. The van der Waals surface area contributed by atoms with Gasteiger partial charge < -0.3 is 14.6 Å². The minimum Gasteiger partial charge on any atom is -0.497 e. The van der Waals surface area contributed by atoms with Crippen molar-refractivity contribution in [3.05, 3.63) is 102 Å². The molecule has 0 aromatic heterocycles. The highest BCUT2D eigenvalue weighted by Gasteiger charge is 2.32. The van der Waals surface area contributed by atoms with Crippen molar-refractivity contribution in [1.82, 2.24) is 5.32 Å². The number of carbonyl (C=O) groups is 1. The summed E-state index contributed by atoms with van der Waals surface area (Å²) in [5.74, 6) is 0.177. The van der Waals surface area contributed by atoms with E-state index < -0.39 is 18.1 Å². The standard InChI is InChI=1S/C25H27NO4/c1-3-30-25(28)23(24(27)20-14-16-21(29-2)17-15-20)26-22(18-10-6-4-7-11-18)19-12-8-5-9-13-19/h4-17,22-24,26-27H,3H2,1-2H3/t23-,24-/m0/s1. The molecule has 0 heterocycles. The predicted octanol–water partition coefficient (Wildman–Crippen LogP) is 4.04. The summed E-state index contributed by atoms with van der Waals surface area (Å²) in [5.41, 5.74) is 2.57. The van der Waals surface area contributed by atoms with Gasteiger partial charge in [0.25, 0.3) is 0 Å². The number of aliphatic hydroxyl groups is 1. The number of aliphatic hydroxyl groups excluding tert-OH is 1. The molecule has 0 bridgehead atoms. The van der Waals surface area contributed by atoms with E-state index in [1.54, 1.807) is 38.3 Å². The fourth-order valence-corrected chi connectivity index (χ4v) is 3.37. The Balaban J connectivity index is 1.95. The number of hydrogen-bond acceptors (Lipinski definition) is 5. The average molecular weight is 405 g/mol. The van der Waals surface area contributed by atoms with Crippen LogP contribution >= 0.6 is 0 Å². The van der Waals surface area contributed by atoms with Crippen LogP contribution in [0.25, 0.3) is 0 Å². The highest BCUT2D eigenvalue weighted by molar-refractivity contribution is 5.77. The second kappa shape index (κ2) is 10.6. The quantitative estimate of drug-likeness (QED) is 0.526. The van der Waals surface area contributed by atoms with E-state index in [-0.39, 0.29) is 12.6 Å². The normalized spacial score (nSPS) is 12.9. The summed E-state index contributed by atoms with van der Waals surface area (Å²) in [6.07, 6.45) is -1.09. The molecule has 2 atom stereocenters. The van der Waals surface area contributed by atoms with Gasteiger partial charge in [-0.15, -0.1) is 0 Å². The number of nitrogens with one attached hydrogen (secondary N) is 1.